The standard InChI is InChI=1S/C19H15NO5S/c1-25-19(22)12-11-18-16(13-21)15-9-5-6-10-17(15)20(18)26(23,24)14-7-3-2-4-8-14/h2-13H,1H3/b12-11+. The molecule has 0 saturated carbocycles. The van der Waals surface area contributed by atoms with Crippen molar-refractivity contribution in [3.8, 4) is 0 Å². The van der Waals surface area contributed by atoms with Crippen LogP contribution in [0.15, 0.2) is 65.6 Å². The number of aromatic nitrogens is 1. The van der Waals surface area contributed by atoms with Gasteiger partial charge in [-0.25, -0.2) is 17.2 Å². The molecule has 2 aromatic carbocycles. The predicted molar refractivity (Wildman–Crippen MR) is 97.4 cm³/mol. The van der Waals surface area contributed by atoms with E-state index in [0.717, 1.165) is 10.0 Å². The van der Waals surface area contributed by atoms with Crippen LogP contribution in [0, 0.1) is 0 Å². The van der Waals surface area contributed by atoms with Gasteiger partial charge in [-0.05, 0) is 24.3 Å². The summed E-state index contributed by atoms with van der Waals surface area (Å²) in [6, 6.07) is 14.5. The fraction of sp³-hybridized carbons (Fsp3) is 0.0526. The van der Waals surface area contributed by atoms with Gasteiger partial charge in [0.1, 0.15) is 0 Å². The van der Waals surface area contributed by atoms with E-state index in [-0.39, 0.29) is 16.2 Å². The van der Waals surface area contributed by atoms with Crippen LogP contribution in [-0.2, 0) is 19.6 Å². The van der Waals surface area contributed by atoms with Gasteiger partial charge in [0.15, 0.2) is 6.29 Å². The molecule has 1 heterocycles. The normalized spacial score (nSPS) is 11.7. The number of para-hydroxylation sites is 1. The number of fused-ring (bicyclic) bond motifs is 1. The van der Waals surface area contributed by atoms with E-state index in [1.165, 1.54) is 25.3 Å². The lowest BCUT2D eigenvalue weighted by molar-refractivity contribution is -0.134. The second kappa shape index (κ2) is 6.97. The van der Waals surface area contributed by atoms with Crippen molar-refractivity contribution in [2.45, 2.75) is 4.90 Å². The minimum absolute atomic E-state index is 0.0749. The molecule has 0 spiro atoms. The molecule has 0 amide bonds. The van der Waals surface area contributed by atoms with Gasteiger partial charge in [0.25, 0.3) is 10.0 Å². The molecule has 3 aromatic rings. The van der Waals surface area contributed by atoms with E-state index in [1.807, 2.05) is 0 Å². The molecule has 0 saturated heterocycles. The van der Waals surface area contributed by atoms with Crippen LogP contribution in [0.2, 0.25) is 0 Å². The molecule has 0 unspecified atom stereocenters. The SMILES string of the molecule is COC(=O)/C=C/c1c(C=O)c2ccccc2n1S(=O)(=O)c1ccccc1. The topological polar surface area (TPSA) is 82.4 Å². The second-order valence-electron chi connectivity index (χ2n) is 5.37. The molecule has 0 N–H and O–H groups in total. The largest absolute Gasteiger partial charge is 0.466 e. The molecule has 7 heteroatoms. The van der Waals surface area contributed by atoms with Gasteiger partial charge in [0.2, 0.25) is 0 Å². The van der Waals surface area contributed by atoms with Crippen molar-refractivity contribution in [3.05, 3.63) is 71.9 Å². The third-order valence-electron chi connectivity index (χ3n) is 3.89. The Hall–Kier alpha value is -3.19. The molecule has 0 aliphatic rings. The highest BCUT2D eigenvalue weighted by Crippen LogP contribution is 2.30. The van der Waals surface area contributed by atoms with Gasteiger partial charge < -0.3 is 4.74 Å². The summed E-state index contributed by atoms with van der Waals surface area (Å²) in [5.74, 6) is -0.657. The van der Waals surface area contributed by atoms with Crippen molar-refractivity contribution in [3.63, 3.8) is 0 Å². The highest BCUT2D eigenvalue weighted by atomic mass is 32.2. The van der Waals surface area contributed by atoms with Gasteiger partial charge in [-0.1, -0.05) is 36.4 Å². The third-order valence-corrected chi connectivity index (χ3v) is 5.63. The summed E-state index contributed by atoms with van der Waals surface area (Å²) >= 11 is 0. The van der Waals surface area contributed by atoms with Gasteiger partial charge >= 0.3 is 5.97 Å². The van der Waals surface area contributed by atoms with Crippen LogP contribution >= 0.6 is 0 Å². The van der Waals surface area contributed by atoms with Crippen molar-refractivity contribution in [2.75, 3.05) is 7.11 Å². The molecule has 0 bridgehead atoms. The minimum Gasteiger partial charge on any atom is -0.466 e. The molecule has 0 aliphatic heterocycles. The molecule has 0 atom stereocenters. The van der Waals surface area contributed by atoms with Gasteiger partial charge in [-0.2, -0.15) is 0 Å². The predicted octanol–water partition coefficient (Wildman–Crippen LogP) is 2.88. The van der Waals surface area contributed by atoms with Crippen LogP contribution in [0.25, 0.3) is 17.0 Å². The molecule has 0 radical (unpaired) electrons. The first-order valence-electron chi connectivity index (χ1n) is 7.66. The van der Waals surface area contributed by atoms with E-state index >= 15 is 0 Å². The van der Waals surface area contributed by atoms with Crippen molar-refractivity contribution in [1.82, 2.24) is 3.97 Å². The fourth-order valence-electron chi connectivity index (χ4n) is 2.71. The Balaban J connectivity index is 2.38. The zero-order chi connectivity index (χ0) is 18.7. The summed E-state index contributed by atoms with van der Waals surface area (Å²) in [6.45, 7) is 0. The zero-order valence-electron chi connectivity index (χ0n) is 13.8. The maximum absolute atomic E-state index is 13.2. The van der Waals surface area contributed by atoms with Gasteiger partial charge in [-0.15, -0.1) is 0 Å². The summed E-state index contributed by atoms with van der Waals surface area (Å²) < 4.78 is 32.0. The first-order valence-corrected chi connectivity index (χ1v) is 9.10. The van der Waals surface area contributed by atoms with Crippen LogP contribution in [0.1, 0.15) is 16.1 Å². The van der Waals surface area contributed by atoms with Crippen LogP contribution in [0.4, 0.5) is 0 Å². The smallest absolute Gasteiger partial charge is 0.330 e. The van der Waals surface area contributed by atoms with E-state index in [4.69, 9.17) is 0 Å². The van der Waals surface area contributed by atoms with E-state index < -0.39 is 16.0 Å². The molecule has 132 valence electrons. The molecule has 0 fully saturated rings. The molecule has 6 nitrogen and oxygen atoms in total. The number of carbonyl (C=O) groups excluding carboxylic acids is 2. The quantitative estimate of drug-likeness (QED) is 0.392. The van der Waals surface area contributed by atoms with Gasteiger partial charge in [0, 0.05) is 17.0 Å². The number of hydrogen-bond donors (Lipinski definition) is 0. The van der Waals surface area contributed by atoms with E-state index in [0.29, 0.717) is 17.2 Å². The summed E-state index contributed by atoms with van der Waals surface area (Å²) in [5.41, 5.74) is 0.624. The number of methoxy groups -OCH3 is 1. The summed E-state index contributed by atoms with van der Waals surface area (Å²) in [5, 5.41) is 0.478. The van der Waals surface area contributed by atoms with Gasteiger partial charge in [-0.3, -0.25) is 4.79 Å². The molecule has 0 aliphatic carbocycles. The van der Waals surface area contributed by atoms with Gasteiger partial charge in [0.05, 0.1) is 23.2 Å². The Morgan fingerprint density at radius 2 is 1.69 bits per heavy atom. The monoisotopic (exact) mass is 369 g/mol. The highest BCUT2D eigenvalue weighted by molar-refractivity contribution is 7.90. The number of rotatable bonds is 5. The van der Waals surface area contributed by atoms with Crippen molar-refractivity contribution in [1.29, 1.82) is 0 Å². The number of carbonyl (C=O) groups is 2. The Labute approximate surface area is 150 Å². The maximum Gasteiger partial charge on any atom is 0.330 e. The molecular weight excluding hydrogens is 354 g/mol. The lowest BCUT2D eigenvalue weighted by Gasteiger charge is -2.10. The van der Waals surface area contributed by atoms with E-state index in [2.05, 4.69) is 4.74 Å². The molecule has 1 aromatic heterocycles. The maximum atomic E-state index is 13.2. The zero-order valence-corrected chi connectivity index (χ0v) is 14.6. The van der Waals surface area contributed by atoms with E-state index in [9.17, 15) is 18.0 Å². The first-order chi connectivity index (χ1) is 12.5. The fourth-order valence-corrected chi connectivity index (χ4v) is 4.26. The number of esters is 1. The Kier molecular flexibility index (Phi) is 4.73. The van der Waals surface area contributed by atoms with Crippen LogP contribution in [0.3, 0.4) is 0 Å². The van der Waals surface area contributed by atoms with Crippen molar-refractivity contribution >= 4 is 39.3 Å². The third kappa shape index (κ3) is 2.93. The molecular formula is C19H15NO5S. The van der Waals surface area contributed by atoms with Crippen molar-refractivity contribution in [2.24, 2.45) is 0 Å². The lowest BCUT2D eigenvalue weighted by Crippen LogP contribution is -2.14. The summed E-state index contributed by atoms with van der Waals surface area (Å²) in [6.07, 6.45) is 2.94. The van der Waals surface area contributed by atoms with Crippen molar-refractivity contribution < 1.29 is 22.7 Å². The number of aldehydes is 1. The van der Waals surface area contributed by atoms with Crippen LogP contribution in [0.5, 0.6) is 0 Å². The second-order valence-corrected chi connectivity index (χ2v) is 7.16. The van der Waals surface area contributed by atoms with Crippen LogP contribution < -0.4 is 0 Å². The number of benzene rings is 2. The Morgan fingerprint density at radius 1 is 1.04 bits per heavy atom. The average molecular weight is 369 g/mol. The average Bonchev–Trinajstić information content (AvgIpc) is 3.00. The Morgan fingerprint density at radius 3 is 2.35 bits per heavy atom. The molecule has 26 heavy (non-hydrogen) atoms. The highest BCUT2D eigenvalue weighted by Gasteiger charge is 2.25. The first kappa shape index (κ1) is 17.6. The van der Waals surface area contributed by atoms with Crippen LogP contribution in [-0.4, -0.2) is 31.8 Å². The summed E-state index contributed by atoms with van der Waals surface area (Å²) in [7, 11) is -2.77. The molecule has 3 rings (SSSR count). The lowest BCUT2D eigenvalue weighted by atomic mass is 10.1. The summed E-state index contributed by atoms with van der Waals surface area (Å²) in [4.78, 5) is 23.2. The minimum atomic E-state index is -3.99. The number of ether oxygens (including phenoxy) is 1. The number of nitrogens with zero attached hydrogens (tertiary/aromatic N) is 1. The Bertz CT molecular complexity index is 1110. The van der Waals surface area contributed by atoms with E-state index in [1.54, 1.807) is 42.5 Å². The number of hydrogen-bond acceptors (Lipinski definition) is 5.